The molecule has 2 rings (SSSR count). The molecule has 0 aliphatic carbocycles. The standard InChI is InChI=1S/C14H16FNO3/c1-9-12(14(18)19)3-2-8-16(9)13(17)10-4-6-11(15)7-5-10/h4-7,9,12H,2-3,8H2,1H3,(H,18,19)/t9-,12-/m1/s1. The van der Waals surface area contributed by atoms with E-state index in [9.17, 15) is 14.0 Å². The van der Waals surface area contributed by atoms with E-state index >= 15 is 0 Å². The molecule has 4 nitrogen and oxygen atoms in total. The number of carboxylic acid groups (broad SMARTS) is 1. The van der Waals surface area contributed by atoms with Crippen LogP contribution < -0.4 is 0 Å². The van der Waals surface area contributed by atoms with Crippen molar-refractivity contribution in [3.63, 3.8) is 0 Å². The van der Waals surface area contributed by atoms with Crippen LogP contribution in [0.25, 0.3) is 0 Å². The molecule has 19 heavy (non-hydrogen) atoms. The molecule has 0 unspecified atom stereocenters. The Morgan fingerprint density at radius 2 is 1.95 bits per heavy atom. The van der Waals surface area contributed by atoms with E-state index in [1.807, 2.05) is 0 Å². The van der Waals surface area contributed by atoms with Crippen molar-refractivity contribution in [2.24, 2.45) is 5.92 Å². The summed E-state index contributed by atoms with van der Waals surface area (Å²) >= 11 is 0. The molecule has 0 aromatic heterocycles. The van der Waals surface area contributed by atoms with E-state index in [4.69, 9.17) is 5.11 Å². The van der Waals surface area contributed by atoms with Crippen molar-refractivity contribution in [1.82, 2.24) is 4.90 Å². The fraction of sp³-hybridized carbons (Fsp3) is 0.429. The third kappa shape index (κ3) is 2.75. The summed E-state index contributed by atoms with van der Waals surface area (Å²) in [7, 11) is 0. The van der Waals surface area contributed by atoms with E-state index in [-0.39, 0.29) is 11.9 Å². The van der Waals surface area contributed by atoms with Crippen molar-refractivity contribution in [1.29, 1.82) is 0 Å². The Balaban J connectivity index is 2.18. The Kier molecular flexibility index (Phi) is 3.83. The molecule has 0 saturated carbocycles. The molecular formula is C14H16FNO3. The molecule has 1 saturated heterocycles. The van der Waals surface area contributed by atoms with Crippen LogP contribution >= 0.6 is 0 Å². The Hall–Kier alpha value is -1.91. The van der Waals surface area contributed by atoms with Crippen LogP contribution in [0.3, 0.4) is 0 Å². The van der Waals surface area contributed by atoms with Gasteiger partial charge in [0.05, 0.1) is 5.92 Å². The summed E-state index contributed by atoms with van der Waals surface area (Å²) in [6.45, 7) is 2.29. The van der Waals surface area contributed by atoms with Gasteiger partial charge in [-0.25, -0.2) is 4.39 Å². The van der Waals surface area contributed by atoms with Gasteiger partial charge in [0, 0.05) is 18.2 Å². The highest BCUT2D eigenvalue weighted by atomic mass is 19.1. The highest BCUT2D eigenvalue weighted by Crippen LogP contribution is 2.25. The van der Waals surface area contributed by atoms with E-state index in [1.54, 1.807) is 11.8 Å². The third-order valence-electron chi connectivity index (χ3n) is 3.66. The Morgan fingerprint density at radius 1 is 1.32 bits per heavy atom. The van der Waals surface area contributed by atoms with Crippen LogP contribution in [0.2, 0.25) is 0 Å². The average Bonchev–Trinajstić information content (AvgIpc) is 2.38. The van der Waals surface area contributed by atoms with Crippen LogP contribution in [-0.4, -0.2) is 34.5 Å². The van der Waals surface area contributed by atoms with Crippen molar-refractivity contribution >= 4 is 11.9 Å². The normalized spacial score (nSPS) is 23.2. The minimum atomic E-state index is -0.871. The summed E-state index contributed by atoms with van der Waals surface area (Å²) in [4.78, 5) is 25.0. The average molecular weight is 265 g/mol. The Labute approximate surface area is 110 Å². The van der Waals surface area contributed by atoms with Crippen LogP contribution in [0.1, 0.15) is 30.1 Å². The van der Waals surface area contributed by atoms with E-state index in [1.165, 1.54) is 24.3 Å². The Bertz CT molecular complexity index is 486. The number of hydrogen-bond donors (Lipinski definition) is 1. The summed E-state index contributed by atoms with van der Waals surface area (Å²) < 4.78 is 12.8. The predicted octanol–water partition coefficient (Wildman–Crippen LogP) is 2.15. The number of rotatable bonds is 2. The maximum Gasteiger partial charge on any atom is 0.308 e. The summed E-state index contributed by atoms with van der Waals surface area (Å²) in [6, 6.07) is 4.97. The van der Waals surface area contributed by atoms with Gasteiger partial charge in [0.15, 0.2) is 0 Å². The van der Waals surface area contributed by atoms with Crippen LogP contribution in [0.5, 0.6) is 0 Å². The lowest BCUT2D eigenvalue weighted by atomic mass is 9.90. The van der Waals surface area contributed by atoms with E-state index in [0.29, 0.717) is 24.9 Å². The van der Waals surface area contributed by atoms with Crippen molar-refractivity contribution in [2.45, 2.75) is 25.8 Å². The molecule has 1 fully saturated rings. The van der Waals surface area contributed by atoms with E-state index in [2.05, 4.69) is 0 Å². The number of likely N-dealkylation sites (tertiary alicyclic amines) is 1. The first-order chi connectivity index (χ1) is 9.00. The first-order valence-corrected chi connectivity index (χ1v) is 6.30. The van der Waals surface area contributed by atoms with Gasteiger partial charge in [0.25, 0.3) is 5.91 Å². The van der Waals surface area contributed by atoms with Gasteiger partial charge in [0.1, 0.15) is 5.82 Å². The lowest BCUT2D eigenvalue weighted by Gasteiger charge is -2.37. The van der Waals surface area contributed by atoms with Crippen LogP contribution in [0.4, 0.5) is 4.39 Å². The molecule has 1 aromatic carbocycles. The lowest BCUT2D eigenvalue weighted by molar-refractivity contribution is -0.144. The zero-order valence-electron chi connectivity index (χ0n) is 10.7. The van der Waals surface area contributed by atoms with Crippen molar-refractivity contribution in [3.8, 4) is 0 Å². The second kappa shape index (κ2) is 5.38. The molecule has 1 N–H and O–H groups in total. The first-order valence-electron chi connectivity index (χ1n) is 6.30. The number of carbonyl (C=O) groups is 2. The molecule has 1 aliphatic rings. The quantitative estimate of drug-likeness (QED) is 0.891. The summed E-state index contributed by atoms with van der Waals surface area (Å²) in [6.07, 6.45) is 1.26. The number of carboxylic acids is 1. The summed E-state index contributed by atoms with van der Waals surface area (Å²) in [5.74, 6) is -2.03. The van der Waals surface area contributed by atoms with Gasteiger partial charge >= 0.3 is 5.97 Å². The lowest BCUT2D eigenvalue weighted by Crippen LogP contribution is -2.49. The topological polar surface area (TPSA) is 57.6 Å². The molecule has 0 radical (unpaired) electrons. The van der Waals surface area contributed by atoms with Gasteiger partial charge in [-0.1, -0.05) is 0 Å². The van der Waals surface area contributed by atoms with Crippen LogP contribution in [-0.2, 0) is 4.79 Å². The number of hydrogen-bond acceptors (Lipinski definition) is 2. The fourth-order valence-corrected chi connectivity index (χ4v) is 2.52. The molecule has 5 heteroatoms. The van der Waals surface area contributed by atoms with Gasteiger partial charge in [-0.05, 0) is 44.0 Å². The molecule has 102 valence electrons. The smallest absolute Gasteiger partial charge is 0.308 e. The zero-order valence-corrected chi connectivity index (χ0v) is 10.7. The molecular weight excluding hydrogens is 249 g/mol. The monoisotopic (exact) mass is 265 g/mol. The van der Waals surface area contributed by atoms with Gasteiger partial charge in [-0.15, -0.1) is 0 Å². The number of amides is 1. The van der Waals surface area contributed by atoms with Crippen LogP contribution in [0.15, 0.2) is 24.3 Å². The van der Waals surface area contributed by atoms with Crippen LogP contribution in [0, 0.1) is 11.7 Å². The molecule has 1 aliphatic heterocycles. The largest absolute Gasteiger partial charge is 0.481 e. The van der Waals surface area contributed by atoms with E-state index < -0.39 is 17.7 Å². The van der Waals surface area contributed by atoms with Gasteiger partial charge in [0.2, 0.25) is 0 Å². The Morgan fingerprint density at radius 3 is 2.53 bits per heavy atom. The van der Waals surface area contributed by atoms with E-state index in [0.717, 1.165) is 0 Å². The van der Waals surface area contributed by atoms with Gasteiger partial charge in [-0.2, -0.15) is 0 Å². The molecule has 0 spiro atoms. The molecule has 1 heterocycles. The zero-order chi connectivity index (χ0) is 14.0. The first kappa shape index (κ1) is 13.5. The molecule has 2 atom stereocenters. The van der Waals surface area contributed by atoms with Crippen molar-refractivity contribution in [2.75, 3.05) is 6.54 Å². The van der Waals surface area contributed by atoms with Crippen molar-refractivity contribution < 1.29 is 19.1 Å². The predicted molar refractivity (Wildman–Crippen MR) is 67.3 cm³/mol. The minimum Gasteiger partial charge on any atom is -0.481 e. The second-order valence-electron chi connectivity index (χ2n) is 4.83. The molecule has 1 aromatic rings. The number of piperidine rings is 1. The SMILES string of the molecule is C[C@@H]1[C@H](C(=O)O)CCCN1C(=O)c1ccc(F)cc1. The maximum atomic E-state index is 12.8. The molecule has 1 amide bonds. The van der Waals surface area contributed by atoms with Gasteiger partial charge < -0.3 is 10.0 Å². The number of carbonyl (C=O) groups excluding carboxylic acids is 1. The summed E-state index contributed by atoms with van der Waals surface area (Å²) in [5.41, 5.74) is 0.388. The van der Waals surface area contributed by atoms with Crippen molar-refractivity contribution in [3.05, 3.63) is 35.6 Å². The number of aliphatic carboxylic acids is 1. The summed E-state index contributed by atoms with van der Waals surface area (Å²) in [5, 5.41) is 9.13. The number of halogens is 1. The highest BCUT2D eigenvalue weighted by molar-refractivity contribution is 5.94. The third-order valence-corrected chi connectivity index (χ3v) is 3.66. The second-order valence-corrected chi connectivity index (χ2v) is 4.83. The minimum absolute atomic E-state index is 0.238. The maximum absolute atomic E-state index is 12.8. The number of benzene rings is 1. The highest BCUT2D eigenvalue weighted by Gasteiger charge is 2.35. The number of nitrogens with zero attached hydrogens (tertiary/aromatic N) is 1. The van der Waals surface area contributed by atoms with Gasteiger partial charge in [-0.3, -0.25) is 9.59 Å². The fourth-order valence-electron chi connectivity index (χ4n) is 2.52. The molecule has 0 bridgehead atoms.